The van der Waals surface area contributed by atoms with E-state index in [4.69, 9.17) is 44.6 Å². The third kappa shape index (κ3) is 7.49. The number of rotatable bonds is 5. The molecule has 4 aromatic rings. The Morgan fingerprint density at radius 3 is 1.53 bits per heavy atom. The van der Waals surface area contributed by atoms with Crippen LogP contribution >= 0.6 is 0 Å². The first kappa shape index (κ1) is 41.8. The van der Waals surface area contributed by atoms with Crippen molar-refractivity contribution in [2.24, 2.45) is 0 Å². The Kier molecular flexibility index (Phi) is 11.2. The van der Waals surface area contributed by atoms with Crippen LogP contribution in [0.25, 0.3) is 11.0 Å². The predicted octanol–water partition coefficient (Wildman–Crippen LogP) is 0.550. The van der Waals surface area contributed by atoms with Crippen molar-refractivity contribution in [1.29, 1.82) is 10.5 Å². The lowest BCUT2D eigenvalue weighted by molar-refractivity contribution is -0.206. The molecule has 0 unspecified atom stereocenters. The number of fused-ring (bicyclic) bond motifs is 4. The van der Waals surface area contributed by atoms with Crippen LogP contribution in [-0.4, -0.2) is 114 Å². The van der Waals surface area contributed by atoms with E-state index in [0.29, 0.717) is 28.2 Å². The van der Waals surface area contributed by atoms with Gasteiger partial charge in [0.25, 0.3) is 0 Å². The van der Waals surface area contributed by atoms with Crippen LogP contribution in [0.15, 0.2) is 36.9 Å². The second kappa shape index (κ2) is 15.5. The summed E-state index contributed by atoms with van der Waals surface area (Å²) in [7, 11) is 0. The summed E-state index contributed by atoms with van der Waals surface area (Å²) in [5.41, 5.74) is 10.8. The Morgan fingerprint density at radius 1 is 0.724 bits per heavy atom. The topological polar surface area (TPSA) is 305 Å². The number of ether oxygens (including phenoxy) is 8. The molecule has 0 spiro atoms. The number of aromatic nitrogens is 6. The van der Waals surface area contributed by atoms with Gasteiger partial charge in [0.2, 0.25) is 11.2 Å². The molecular weight excluding hydrogens is 764 g/mol. The monoisotopic (exact) mass is 806 g/mol. The summed E-state index contributed by atoms with van der Waals surface area (Å²) in [5.74, 6) is -2.80. The highest BCUT2D eigenvalue weighted by molar-refractivity contribution is 5.82. The molecule has 308 valence electrons. The summed E-state index contributed by atoms with van der Waals surface area (Å²) in [6.07, 6.45) is -1.35. The number of carbonyl (C=O) groups is 3. The van der Waals surface area contributed by atoms with Crippen molar-refractivity contribution >= 4 is 40.6 Å². The van der Waals surface area contributed by atoms with Gasteiger partial charge in [0.15, 0.2) is 23.2 Å². The zero-order valence-corrected chi connectivity index (χ0v) is 32.5. The van der Waals surface area contributed by atoms with E-state index in [1.54, 1.807) is 52.0 Å². The van der Waals surface area contributed by atoms with Gasteiger partial charge in [-0.25, -0.2) is 19.0 Å². The van der Waals surface area contributed by atoms with Crippen LogP contribution < -0.4 is 11.5 Å². The predicted molar refractivity (Wildman–Crippen MR) is 193 cm³/mol. The number of carbonyl (C=O) groups excluding carboxylic acids is 3. The number of nitrogens with zero attached hydrogens (tertiary/aromatic N) is 8. The quantitative estimate of drug-likeness (QED) is 0.183. The molecule has 4 aromatic heterocycles. The molecule has 0 aromatic carbocycles. The maximum absolute atomic E-state index is 11.2. The van der Waals surface area contributed by atoms with Crippen LogP contribution in [0.1, 0.15) is 59.9 Å². The van der Waals surface area contributed by atoms with Crippen molar-refractivity contribution in [2.75, 3.05) is 24.7 Å². The molecule has 0 bridgehead atoms. The molecule has 0 aliphatic carbocycles. The first-order valence-electron chi connectivity index (χ1n) is 17.8. The maximum atomic E-state index is 11.2. The molecule has 58 heavy (non-hydrogen) atoms. The lowest BCUT2D eigenvalue weighted by atomic mass is 9.92. The first-order valence-corrected chi connectivity index (χ1v) is 17.8. The van der Waals surface area contributed by atoms with Crippen LogP contribution in [0.3, 0.4) is 0 Å². The highest BCUT2D eigenvalue weighted by atomic mass is 16.8. The Labute approximate surface area is 330 Å². The molecule has 22 heteroatoms. The van der Waals surface area contributed by atoms with E-state index in [-0.39, 0.29) is 19.0 Å². The standard InChI is InChI=1S/C17H19N5O5.C15H17N5O4.C4H6O3/c1-9(23)24-6-11-13-14(27-16(2,3)26-13)17(7-18,25-11)12-5-4-10-15(19)20-8-21-22(10)12;1-14(2)23-11-9(5-21)22-15(6-16,12(11)24-14)10-4-3-8-13(17)18-7-19-20(8)10;1-3(5)7-4(2)6/h4-5,8,11,13-14H,6H2,1-3H3,(H2,19,20,21);3-4,7,9,11-12,21H,5H2,1-2H3,(H2,17,18,19);1-2H3/t11-,13-,14-,17+;9-,11-,12-,15+;/m11./s1. The van der Waals surface area contributed by atoms with E-state index in [0.717, 1.165) is 0 Å². The number of hydrogen-bond acceptors (Lipinski definition) is 20. The lowest BCUT2D eigenvalue weighted by Crippen LogP contribution is -2.40. The summed E-state index contributed by atoms with van der Waals surface area (Å²) in [4.78, 5) is 38.8. The van der Waals surface area contributed by atoms with Gasteiger partial charge in [0.05, 0.1) is 18.0 Å². The van der Waals surface area contributed by atoms with Crippen molar-refractivity contribution in [1.82, 2.24) is 29.2 Å². The number of nitrogens with two attached hydrogens (primary N) is 2. The molecule has 0 amide bonds. The van der Waals surface area contributed by atoms with E-state index in [2.05, 4.69) is 37.0 Å². The van der Waals surface area contributed by atoms with Crippen LogP contribution in [0.2, 0.25) is 0 Å². The number of nitriles is 2. The van der Waals surface area contributed by atoms with Gasteiger partial charge in [-0.1, -0.05) is 0 Å². The molecule has 8 rings (SSSR count). The van der Waals surface area contributed by atoms with Crippen molar-refractivity contribution < 1.29 is 57.4 Å². The molecule has 4 aliphatic rings. The van der Waals surface area contributed by atoms with Crippen LogP contribution in [0, 0.1) is 22.7 Å². The van der Waals surface area contributed by atoms with Crippen LogP contribution in [0.5, 0.6) is 0 Å². The van der Waals surface area contributed by atoms with E-state index >= 15 is 0 Å². The largest absolute Gasteiger partial charge is 0.463 e. The normalized spacial score (nSPS) is 29.8. The highest BCUT2D eigenvalue weighted by Crippen LogP contribution is 2.50. The number of aliphatic hydroxyl groups excluding tert-OH is 1. The molecule has 4 fully saturated rings. The number of aliphatic hydroxyl groups is 1. The van der Waals surface area contributed by atoms with E-state index in [9.17, 15) is 30.0 Å². The van der Waals surface area contributed by atoms with Gasteiger partial charge in [-0.15, -0.1) is 0 Å². The molecule has 4 aliphatic heterocycles. The smallest absolute Gasteiger partial charge is 0.310 e. The lowest BCUT2D eigenvalue weighted by Gasteiger charge is -2.28. The Hall–Kier alpha value is -5.85. The van der Waals surface area contributed by atoms with Gasteiger partial charge in [0, 0.05) is 20.8 Å². The average molecular weight is 807 g/mol. The zero-order valence-electron chi connectivity index (χ0n) is 32.5. The minimum absolute atomic E-state index is 0.0558. The Balaban J connectivity index is 0.000000169. The summed E-state index contributed by atoms with van der Waals surface area (Å²) in [5, 5.41) is 38.1. The minimum atomic E-state index is -1.52. The van der Waals surface area contributed by atoms with Crippen molar-refractivity contribution in [3.63, 3.8) is 0 Å². The summed E-state index contributed by atoms with van der Waals surface area (Å²) >= 11 is 0. The molecule has 4 saturated heterocycles. The number of hydrogen-bond donors (Lipinski definition) is 3. The van der Waals surface area contributed by atoms with Crippen LogP contribution in [-0.2, 0) is 63.5 Å². The van der Waals surface area contributed by atoms with E-state index in [1.165, 1.54) is 42.5 Å². The third-order valence-electron chi connectivity index (χ3n) is 9.44. The van der Waals surface area contributed by atoms with Gasteiger partial charge in [-0.05, 0) is 52.0 Å². The van der Waals surface area contributed by atoms with Gasteiger partial charge in [0.1, 0.15) is 79.1 Å². The van der Waals surface area contributed by atoms with Gasteiger partial charge in [-0.2, -0.15) is 20.7 Å². The highest BCUT2D eigenvalue weighted by Gasteiger charge is 2.66. The summed E-state index contributed by atoms with van der Waals surface area (Å²) < 4.78 is 47.9. The molecule has 0 saturated carbocycles. The molecule has 0 radical (unpaired) electrons. The first-order chi connectivity index (χ1) is 27.3. The fraction of sp³-hybridized carbons (Fsp3) is 0.528. The molecule has 8 heterocycles. The minimum Gasteiger partial charge on any atom is -0.463 e. The number of esters is 3. The second-order valence-electron chi connectivity index (χ2n) is 14.4. The third-order valence-corrected chi connectivity index (χ3v) is 9.44. The average Bonchev–Trinajstić information content (AvgIpc) is 3.99. The molecule has 8 atom stereocenters. The summed E-state index contributed by atoms with van der Waals surface area (Å²) in [6.45, 7) is 10.4. The van der Waals surface area contributed by atoms with Crippen molar-refractivity contribution in [2.45, 2.75) is 108 Å². The van der Waals surface area contributed by atoms with Crippen molar-refractivity contribution in [3.05, 3.63) is 48.3 Å². The second-order valence-corrected chi connectivity index (χ2v) is 14.4. The molecular formula is C36H42N10O12. The zero-order chi connectivity index (χ0) is 42.4. The van der Waals surface area contributed by atoms with Crippen LogP contribution in [0.4, 0.5) is 11.6 Å². The number of nitrogen functional groups attached to an aromatic ring is 2. The Morgan fingerprint density at radius 2 is 1.16 bits per heavy atom. The molecule has 22 nitrogen and oxygen atoms in total. The maximum Gasteiger partial charge on any atom is 0.310 e. The van der Waals surface area contributed by atoms with Gasteiger partial charge in [-0.3, -0.25) is 14.4 Å². The fourth-order valence-electron chi connectivity index (χ4n) is 7.34. The SMILES string of the molecule is CC(=O)OC(C)=O.CC(=O)OC[C@H]1O[C@@](C#N)(c2ccc3c(N)ncnn23)[C@@H]2OC(C)(C)O[C@@H]21.CC1(C)O[C@H]2[C@@H](O1)[C@](C#N)(c1ccc3c(N)ncnn13)O[C@@H]2CO. The van der Waals surface area contributed by atoms with Gasteiger partial charge >= 0.3 is 17.9 Å². The fourth-order valence-corrected chi connectivity index (χ4v) is 7.34. The van der Waals surface area contributed by atoms with E-state index in [1.807, 2.05) is 0 Å². The summed E-state index contributed by atoms with van der Waals surface area (Å²) in [6, 6.07) is 11.3. The molecule has 5 N–H and O–H groups in total. The van der Waals surface area contributed by atoms with E-state index < -0.39 is 77.3 Å². The van der Waals surface area contributed by atoms with Gasteiger partial charge < -0.3 is 54.5 Å². The van der Waals surface area contributed by atoms with Crippen molar-refractivity contribution in [3.8, 4) is 12.1 Å². The number of anilines is 2. The Bertz CT molecular complexity index is 2300.